The van der Waals surface area contributed by atoms with Crippen LogP contribution in [0.15, 0.2) is 84.9 Å². The highest BCUT2D eigenvalue weighted by Crippen LogP contribution is 2.21. The first-order chi connectivity index (χ1) is 10.3. The van der Waals surface area contributed by atoms with Crippen LogP contribution in [0.5, 0.6) is 0 Å². The fourth-order valence-corrected chi connectivity index (χ4v) is 1.82. The zero-order valence-corrected chi connectivity index (χ0v) is 12.2. The lowest BCUT2D eigenvalue weighted by Crippen LogP contribution is -1.94. The second-order valence-corrected chi connectivity index (χ2v) is 4.73. The number of hydrogen-bond acceptors (Lipinski definition) is 2. The van der Waals surface area contributed by atoms with E-state index in [9.17, 15) is 0 Å². The molecule has 0 amide bonds. The molecule has 0 radical (unpaired) electrons. The van der Waals surface area contributed by atoms with E-state index in [1.165, 1.54) is 5.56 Å². The normalized spacial score (nSPS) is 9.38. The van der Waals surface area contributed by atoms with E-state index in [2.05, 4.69) is 24.4 Å². The summed E-state index contributed by atoms with van der Waals surface area (Å²) < 4.78 is 0. The van der Waals surface area contributed by atoms with Crippen molar-refractivity contribution in [3.63, 3.8) is 0 Å². The number of nitrogen functional groups attached to an aromatic ring is 1. The molecule has 0 saturated carbocycles. The Morgan fingerprint density at radius 1 is 0.667 bits per heavy atom. The predicted octanol–water partition coefficient (Wildman–Crippen LogP) is 5.01. The fraction of sp³-hybridized carbons (Fsp3) is 0.0526. The van der Waals surface area contributed by atoms with E-state index in [1.807, 2.05) is 72.8 Å². The third kappa shape index (κ3) is 5.03. The van der Waals surface area contributed by atoms with Crippen molar-refractivity contribution in [2.24, 2.45) is 0 Å². The lowest BCUT2D eigenvalue weighted by molar-refractivity contribution is 1.48. The highest BCUT2D eigenvalue weighted by molar-refractivity contribution is 5.72. The molecule has 2 nitrogen and oxygen atoms in total. The van der Waals surface area contributed by atoms with Crippen LogP contribution in [-0.2, 0) is 0 Å². The zero-order valence-electron chi connectivity index (χ0n) is 12.2. The Morgan fingerprint density at radius 3 is 1.71 bits per heavy atom. The number of anilines is 3. The minimum atomic E-state index is 0.761. The topological polar surface area (TPSA) is 38.0 Å². The molecule has 0 aromatic heterocycles. The minimum Gasteiger partial charge on any atom is -0.397 e. The molecule has 3 N–H and O–H groups in total. The molecule has 106 valence electrons. The third-order valence-electron chi connectivity index (χ3n) is 2.95. The molecule has 3 aromatic carbocycles. The number of hydrogen-bond donors (Lipinski definition) is 2. The van der Waals surface area contributed by atoms with Gasteiger partial charge in [-0.15, -0.1) is 0 Å². The first-order valence-electron chi connectivity index (χ1n) is 6.94. The summed E-state index contributed by atoms with van der Waals surface area (Å²) in [5, 5.41) is 3.25. The standard InChI is InChI=1S/C12H12N2.C7H8/c13-11-8-4-5-9-12(11)14-10-6-2-1-3-7-10;1-7-5-3-2-4-6-7/h1-9,14H,13H2;2-6H,1H3. The van der Waals surface area contributed by atoms with Crippen molar-refractivity contribution in [1.29, 1.82) is 0 Å². The van der Waals surface area contributed by atoms with E-state index in [1.54, 1.807) is 0 Å². The van der Waals surface area contributed by atoms with Gasteiger partial charge in [0.2, 0.25) is 0 Å². The monoisotopic (exact) mass is 276 g/mol. The number of nitrogens with two attached hydrogens (primary N) is 1. The largest absolute Gasteiger partial charge is 0.397 e. The highest BCUT2D eigenvalue weighted by Gasteiger charge is 1.96. The Morgan fingerprint density at radius 2 is 1.19 bits per heavy atom. The van der Waals surface area contributed by atoms with E-state index in [4.69, 9.17) is 5.73 Å². The van der Waals surface area contributed by atoms with Gasteiger partial charge in [-0.2, -0.15) is 0 Å². The van der Waals surface area contributed by atoms with Crippen LogP contribution in [0.25, 0.3) is 0 Å². The van der Waals surface area contributed by atoms with Crippen molar-refractivity contribution in [1.82, 2.24) is 0 Å². The Bertz CT molecular complexity index is 649. The summed E-state index contributed by atoms with van der Waals surface area (Å²) in [6.07, 6.45) is 0. The average Bonchev–Trinajstić information content (AvgIpc) is 2.52. The number of rotatable bonds is 2. The highest BCUT2D eigenvalue weighted by atomic mass is 14.9. The van der Waals surface area contributed by atoms with Crippen molar-refractivity contribution >= 4 is 17.1 Å². The summed E-state index contributed by atoms with van der Waals surface area (Å²) in [7, 11) is 0. The lowest BCUT2D eigenvalue weighted by Gasteiger charge is -2.08. The molecule has 3 aromatic rings. The summed E-state index contributed by atoms with van der Waals surface area (Å²) in [5.74, 6) is 0. The van der Waals surface area contributed by atoms with Crippen molar-refractivity contribution in [3.05, 3.63) is 90.5 Å². The molecule has 3 rings (SSSR count). The maximum atomic E-state index is 5.81. The maximum Gasteiger partial charge on any atom is 0.0617 e. The van der Waals surface area contributed by atoms with Gasteiger partial charge in [0.15, 0.2) is 0 Å². The molecular weight excluding hydrogens is 256 g/mol. The van der Waals surface area contributed by atoms with Crippen LogP contribution in [0.2, 0.25) is 0 Å². The first-order valence-corrected chi connectivity index (χ1v) is 6.94. The van der Waals surface area contributed by atoms with Crippen molar-refractivity contribution in [2.75, 3.05) is 11.1 Å². The van der Waals surface area contributed by atoms with Crippen LogP contribution in [0.4, 0.5) is 17.1 Å². The molecule has 0 atom stereocenters. The molecule has 0 aliphatic carbocycles. The van der Waals surface area contributed by atoms with Gasteiger partial charge in [-0.25, -0.2) is 0 Å². The second-order valence-electron chi connectivity index (χ2n) is 4.73. The summed E-state index contributed by atoms with van der Waals surface area (Å²) in [6.45, 7) is 2.08. The Balaban J connectivity index is 0.000000194. The average molecular weight is 276 g/mol. The van der Waals surface area contributed by atoms with Crippen LogP contribution in [0, 0.1) is 6.92 Å². The second kappa shape index (κ2) is 7.75. The van der Waals surface area contributed by atoms with Crippen LogP contribution >= 0.6 is 0 Å². The molecule has 0 aliphatic rings. The molecule has 0 spiro atoms. The van der Waals surface area contributed by atoms with E-state index >= 15 is 0 Å². The number of aryl methyl sites for hydroxylation is 1. The van der Waals surface area contributed by atoms with Crippen LogP contribution < -0.4 is 11.1 Å². The van der Waals surface area contributed by atoms with Crippen LogP contribution in [0.1, 0.15) is 5.56 Å². The summed E-state index contributed by atoms with van der Waals surface area (Å²) in [4.78, 5) is 0. The van der Waals surface area contributed by atoms with Crippen molar-refractivity contribution in [2.45, 2.75) is 6.92 Å². The van der Waals surface area contributed by atoms with Gasteiger partial charge in [-0.05, 0) is 31.2 Å². The molecule has 0 saturated heterocycles. The van der Waals surface area contributed by atoms with Gasteiger partial charge in [0, 0.05) is 5.69 Å². The van der Waals surface area contributed by atoms with Gasteiger partial charge >= 0.3 is 0 Å². The number of nitrogens with one attached hydrogen (secondary N) is 1. The molecule has 2 heteroatoms. The number of para-hydroxylation sites is 3. The van der Waals surface area contributed by atoms with E-state index in [-0.39, 0.29) is 0 Å². The molecule has 0 fully saturated rings. The van der Waals surface area contributed by atoms with Gasteiger partial charge in [-0.3, -0.25) is 0 Å². The third-order valence-corrected chi connectivity index (χ3v) is 2.95. The Hall–Kier alpha value is -2.74. The zero-order chi connectivity index (χ0) is 14.9. The van der Waals surface area contributed by atoms with Gasteiger partial charge in [0.05, 0.1) is 11.4 Å². The van der Waals surface area contributed by atoms with Gasteiger partial charge in [-0.1, -0.05) is 66.2 Å². The lowest BCUT2D eigenvalue weighted by atomic mass is 10.2. The molecule has 0 heterocycles. The van der Waals surface area contributed by atoms with E-state index in [0.717, 1.165) is 17.1 Å². The molecular formula is C19H20N2. The van der Waals surface area contributed by atoms with Crippen LogP contribution in [-0.4, -0.2) is 0 Å². The summed E-state index contributed by atoms with van der Waals surface area (Å²) >= 11 is 0. The van der Waals surface area contributed by atoms with E-state index < -0.39 is 0 Å². The number of benzene rings is 3. The van der Waals surface area contributed by atoms with Crippen molar-refractivity contribution in [3.8, 4) is 0 Å². The quantitative estimate of drug-likeness (QED) is 0.646. The Kier molecular flexibility index (Phi) is 5.41. The predicted molar refractivity (Wildman–Crippen MR) is 91.8 cm³/mol. The SMILES string of the molecule is Cc1ccccc1.Nc1ccccc1Nc1ccccc1. The van der Waals surface area contributed by atoms with Crippen molar-refractivity contribution < 1.29 is 0 Å². The minimum absolute atomic E-state index is 0.761. The Labute approximate surface area is 126 Å². The van der Waals surface area contributed by atoms with Gasteiger partial charge in [0.1, 0.15) is 0 Å². The molecule has 0 unspecified atom stereocenters. The van der Waals surface area contributed by atoms with Crippen LogP contribution in [0.3, 0.4) is 0 Å². The maximum absolute atomic E-state index is 5.81. The molecule has 0 bridgehead atoms. The van der Waals surface area contributed by atoms with E-state index in [0.29, 0.717) is 0 Å². The first kappa shape index (κ1) is 14.7. The fourth-order valence-electron chi connectivity index (χ4n) is 1.82. The molecule has 0 aliphatic heterocycles. The van der Waals surface area contributed by atoms with Gasteiger partial charge in [0.25, 0.3) is 0 Å². The molecule has 21 heavy (non-hydrogen) atoms. The summed E-state index contributed by atoms with van der Waals surface area (Å²) in [5.41, 5.74) is 9.88. The summed E-state index contributed by atoms with van der Waals surface area (Å²) in [6, 6.07) is 28.0. The smallest absolute Gasteiger partial charge is 0.0617 e. The van der Waals surface area contributed by atoms with Gasteiger partial charge < -0.3 is 11.1 Å².